The van der Waals surface area contributed by atoms with Crippen LogP contribution < -0.4 is 10.6 Å². The summed E-state index contributed by atoms with van der Waals surface area (Å²) in [5, 5.41) is 1.15. The first-order valence-electron chi connectivity index (χ1n) is 4.01. The van der Waals surface area contributed by atoms with Crippen molar-refractivity contribution in [3.8, 4) is 0 Å². The molecule has 0 unspecified atom stereocenters. The van der Waals surface area contributed by atoms with Crippen LogP contribution in [-0.2, 0) is 0 Å². The Balaban J connectivity index is 2.84. The SMILES string of the molecule is CN(CCN)c1ccc(Cl)c(Cl)c1. The van der Waals surface area contributed by atoms with Crippen molar-refractivity contribution in [2.75, 3.05) is 25.0 Å². The van der Waals surface area contributed by atoms with E-state index in [2.05, 4.69) is 0 Å². The van der Waals surface area contributed by atoms with E-state index in [-0.39, 0.29) is 0 Å². The Morgan fingerprint density at radius 3 is 2.54 bits per heavy atom. The molecule has 0 saturated carbocycles. The second-order valence-corrected chi connectivity index (χ2v) is 3.62. The third kappa shape index (κ3) is 2.76. The van der Waals surface area contributed by atoms with Crippen LogP contribution in [0.4, 0.5) is 5.69 Å². The fourth-order valence-electron chi connectivity index (χ4n) is 1.05. The molecular weight excluding hydrogens is 207 g/mol. The molecular formula is C9H12Cl2N2. The van der Waals surface area contributed by atoms with Crippen LogP contribution in [0.2, 0.25) is 10.0 Å². The minimum absolute atomic E-state index is 0.572. The van der Waals surface area contributed by atoms with Gasteiger partial charge in [-0.3, -0.25) is 0 Å². The lowest BCUT2D eigenvalue weighted by Crippen LogP contribution is -2.24. The summed E-state index contributed by atoms with van der Waals surface area (Å²) < 4.78 is 0. The number of halogens is 2. The van der Waals surface area contributed by atoms with Gasteiger partial charge in [-0.1, -0.05) is 23.2 Å². The van der Waals surface area contributed by atoms with Gasteiger partial charge in [-0.15, -0.1) is 0 Å². The zero-order valence-electron chi connectivity index (χ0n) is 7.43. The van der Waals surface area contributed by atoms with Crippen molar-refractivity contribution < 1.29 is 0 Å². The van der Waals surface area contributed by atoms with Gasteiger partial charge >= 0.3 is 0 Å². The lowest BCUT2D eigenvalue weighted by atomic mass is 10.3. The van der Waals surface area contributed by atoms with Crippen molar-refractivity contribution >= 4 is 28.9 Å². The third-order valence-electron chi connectivity index (χ3n) is 1.81. The lowest BCUT2D eigenvalue weighted by Gasteiger charge is -2.18. The lowest BCUT2D eigenvalue weighted by molar-refractivity contribution is 0.886. The number of rotatable bonds is 3. The van der Waals surface area contributed by atoms with E-state index < -0.39 is 0 Å². The van der Waals surface area contributed by atoms with Gasteiger partial charge in [0.2, 0.25) is 0 Å². The van der Waals surface area contributed by atoms with Crippen molar-refractivity contribution in [2.24, 2.45) is 5.73 Å². The first kappa shape index (κ1) is 10.6. The summed E-state index contributed by atoms with van der Waals surface area (Å²) in [6.07, 6.45) is 0. The predicted molar refractivity (Wildman–Crippen MR) is 58.8 cm³/mol. The van der Waals surface area contributed by atoms with Crippen LogP contribution in [0, 0.1) is 0 Å². The van der Waals surface area contributed by atoms with Crippen molar-refractivity contribution in [1.82, 2.24) is 0 Å². The van der Waals surface area contributed by atoms with Crippen LogP contribution in [0.3, 0.4) is 0 Å². The predicted octanol–water partition coefficient (Wildman–Crippen LogP) is 2.39. The molecule has 0 spiro atoms. The highest BCUT2D eigenvalue weighted by Crippen LogP contribution is 2.26. The van der Waals surface area contributed by atoms with Crippen LogP contribution >= 0.6 is 23.2 Å². The topological polar surface area (TPSA) is 29.3 Å². The minimum atomic E-state index is 0.572. The maximum Gasteiger partial charge on any atom is 0.0612 e. The van der Waals surface area contributed by atoms with Gasteiger partial charge in [0.05, 0.1) is 10.0 Å². The molecule has 0 fully saturated rings. The number of hydrogen-bond donors (Lipinski definition) is 1. The number of nitrogens with two attached hydrogens (primary N) is 1. The Morgan fingerprint density at radius 2 is 2.00 bits per heavy atom. The summed E-state index contributed by atoms with van der Waals surface area (Å²) in [7, 11) is 1.96. The largest absolute Gasteiger partial charge is 0.373 e. The van der Waals surface area contributed by atoms with Gasteiger partial charge in [0.25, 0.3) is 0 Å². The van der Waals surface area contributed by atoms with E-state index in [0.717, 1.165) is 12.2 Å². The monoisotopic (exact) mass is 218 g/mol. The summed E-state index contributed by atoms with van der Waals surface area (Å²) in [6, 6.07) is 5.54. The smallest absolute Gasteiger partial charge is 0.0612 e. The van der Waals surface area contributed by atoms with Gasteiger partial charge in [0.15, 0.2) is 0 Å². The fourth-order valence-corrected chi connectivity index (χ4v) is 1.34. The zero-order chi connectivity index (χ0) is 9.84. The van der Waals surface area contributed by atoms with Crippen LogP contribution in [0.25, 0.3) is 0 Å². The van der Waals surface area contributed by atoms with Gasteiger partial charge in [0.1, 0.15) is 0 Å². The molecule has 0 atom stereocenters. The molecule has 1 rings (SSSR count). The van der Waals surface area contributed by atoms with Gasteiger partial charge in [-0.05, 0) is 18.2 Å². The van der Waals surface area contributed by atoms with E-state index in [4.69, 9.17) is 28.9 Å². The molecule has 13 heavy (non-hydrogen) atoms. The molecule has 0 saturated heterocycles. The van der Waals surface area contributed by atoms with E-state index in [1.165, 1.54) is 0 Å². The minimum Gasteiger partial charge on any atom is -0.373 e. The molecule has 0 aromatic heterocycles. The average molecular weight is 219 g/mol. The van der Waals surface area contributed by atoms with Gasteiger partial charge in [0, 0.05) is 25.8 Å². The van der Waals surface area contributed by atoms with Gasteiger partial charge < -0.3 is 10.6 Å². The van der Waals surface area contributed by atoms with E-state index in [0.29, 0.717) is 16.6 Å². The second-order valence-electron chi connectivity index (χ2n) is 2.81. The van der Waals surface area contributed by atoms with E-state index in [9.17, 15) is 0 Å². The molecule has 0 radical (unpaired) electrons. The van der Waals surface area contributed by atoms with Crippen LogP contribution in [-0.4, -0.2) is 20.1 Å². The van der Waals surface area contributed by atoms with Crippen LogP contribution in [0.15, 0.2) is 18.2 Å². The maximum atomic E-state index is 5.87. The number of likely N-dealkylation sites (N-methyl/N-ethyl adjacent to an activating group) is 1. The Bertz CT molecular complexity index is 289. The standard InChI is InChI=1S/C9H12Cl2N2/c1-13(5-4-12)7-2-3-8(10)9(11)6-7/h2-3,6H,4-5,12H2,1H3. The molecule has 1 aromatic carbocycles. The van der Waals surface area contributed by atoms with Crippen LogP contribution in [0.5, 0.6) is 0 Å². The number of benzene rings is 1. The molecule has 0 bridgehead atoms. The quantitative estimate of drug-likeness (QED) is 0.845. The normalized spacial score (nSPS) is 10.2. The third-order valence-corrected chi connectivity index (χ3v) is 2.55. The van der Waals surface area contributed by atoms with Crippen molar-refractivity contribution in [3.05, 3.63) is 28.2 Å². The summed E-state index contributed by atoms with van der Waals surface area (Å²) in [5.74, 6) is 0. The first-order valence-corrected chi connectivity index (χ1v) is 4.77. The molecule has 72 valence electrons. The summed E-state index contributed by atoms with van der Waals surface area (Å²) in [6.45, 7) is 1.43. The van der Waals surface area contributed by atoms with Crippen molar-refractivity contribution in [3.63, 3.8) is 0 Å². The second kappa shape index (κ2) is 4.70. The Morgan fingerprint density at radius 1 is 1.31 bits per heavy atom. The summed E-state index contributed by atoms with van der Waals surface area (Å²) in [4.78, 5) is 2.03. The molecule has 0 amide bonds. The summed E-state index contributed by atoms with van der Waals surface area (Å²) >= 11 is 11.7. The van der Waals surface area contributed by atoms with Gasteiger partial charge in [-0.25, -0.2) is 0 Å². The Labute approximate surface area is 88.2 Å². The highest BCUT2D eigenvalue weighted by Gasteiger charge is 2.02. The van der Waals surface area contributed by atoms with Crippen LogP contribution in [0.1, 0.15) is 0 Å². The molecule has 4 heteroatoms. The molecule has 2 nitrogen and oxygen atoms in total. The highest BCUT2D eigenvalue weighted by molar-refractivity contribution is 6.42. The fraction of sp³-hybridized carbons (Fsp3) is 0.333. The number of hydrogen-bond acceptors (Lipinski definition) is 2. The Kier molecular flexibility index (Phi) is 3.85. The molecule has 1 aromatic rings. The summed E-state index contributed by atoms with van der Waals surface area (Å²) in [5.41, 5.74) is 6.46. The van der Waals surface area contributed by atoms with Crippen molar-refractivity contribution in [1.29, 1.82) is 0 Å². The first-order chi connectivity index (χ1) is 6.15. The molecule has 0 aliphatic carbocycles. The van der Waals surface area contributed by atoms with Gasteiger partial charge in [-0.2, -0.15) is 0 Å². The average Bonchev–Trinajstić information content (AvgIpc) is 2.10. The van der Waals surface area contributed by atoms with E-state index in [1.807, 2.05) is 24.1 Å². The number of anilines is 1. The number of nitrogens with zero attached hydrogens (tertiary/aromatic N) is 1. The highest BCUT2D eigenvalue weighted by atomic mass is 35.5. The molecule has 2 N–H and O–H groups in total. The molecule has 0 aliphatic rings. The van der Waals surface area contributed by atoms with Crippen molar-refractivity contribution in [2.45, 2.75) is 0 Å². The maximum absolute atomic E-state index is 5.87. The van der Waals surface area contributed by atoms with E-state index >= 15 is 0 Å². The Hall–Kier alpha value is -0.440. The molecule has 0 aliphatic heterocycles. The van der Waals surface area contributed by atoms with E-state index in [1.54, 1.807) is 6.07 Å². The zero-order valence-corrected chi connectivity index (χ0v) is 8.94. The molecule has 0 heterocycles.